The average molecular weight is 309 g/mol. The smallest absolute Gasteiger partial charge is 0.0455 e. The van der Waals surface area contributed by atoms with Gasteiger partial charge in [0, 0.05) is 34.5 Å². The van der Waals surface area contributed by atoms with Gasteiger partial charge in [0.05, 0.1) is 0 Å². The highest BCUT2D eigenvalue weighted by atomic mass is 35.5. The first kappa shape index (κ1) is 15.0. The van der Waals surface area contributed by atoms with Crippen LogP contribution in [-0.2, 0) is 0 Å². The third-order valence-corrected chi connectivity index (χ3v) is 3.87. The molecule has 0 unspecified atom stereocenters. The van der Waals surface area contributed by atoms with Crippen molar-refractivity contribution in [2.45, 2.75) is 13.8 Å². The van der Waals surface area contributed by atoms with Gasteiger partial charge in [-0.3, -0.25) is 0 Å². The summed E-state index contributed by atoms with van der Waals surface area (Å²) in [5.41, 5.74) is 4.41. The van der Waals surface area contributed by atoms with Crippen LogP contribution in [0.1, 0.15) is 11.1 Å². The van der Waals surface area contributed by atoms with Crippen LogP contribution < -0.4 is 10.6 Å². The lowest BCUT2D eigenvalue weighted by atomic mass is 10.2. The molecule has 0 spiro atoms. The van der Waals surface area contributed by atoms with Gasteiger partial charge in [-0.15, -0.1) is 0 Å². The van der Waals surface area contributed by atoms with Crippen molar-refractivity contribution < 1.29 is 0 Å². The Kier molecular flexibility index (Phi) is 5.16. The van der Waals surface area contributed by atoms with Gasteiger partial charge in [-0.2, -0.15) is 0 Å². The van der Waals surface area contributed by atoms with Gasteiger partial charge in [0.2, 0.25) is 0 Å². The van der Waals surface area contributed by atoms with Gasteiger partial charge >= 0.3 is 0 Å². The number of nitrogens with one attached hydrogen (secondary N) is 2. The topological polar surface area (TPSA) is 24.1 Å². The van der Waals surface area contributed by atoms with Gasteiger partial charge in [-0.25, -0.2) is 0 Å². The second-order valence-corrected chi connectivity index (χ2v) is 5.57. The van der Waals surface area contributed by atoms with E-state index >= 15 is 0 Å². The van der Waals surface area contributed by atoms with Crippen LogP contribution in [0.4, 0.5) is 11.4 Å². The van der Waals surface area contributed by atoms with Crippen molar-refractivity contribution in [1.82, 2.24) is 0 Å². The van der Waals surface area contributed by atoms with Gasteiger partial charge in [0.15, 0.2) is 0 Å². The zero-order valence-electron chi connectivity index (χ0n) is 11.6. The highest BCUT2D eigenvalue weighted by Crippen LogP contribution is 2.23. The number of anilines is 2. The maximum atomic E-state index is 6.09. The Labute approximate surface area is 130 Å². The number of hydrogen-bond acceptors (Lipinski definition) is 2. The summed E-state index contributed by atoms with van der Waals surface area (Å²) in [6.07, 6.45) is 0. The van der Waals surface area contributed by atoms with E-state index in [4.69, 9.17) is 23.2 Å². The van der Waals surface area contributed by atoms with Crippen LogP contribution >= 0.6 is 23.2 Å². The molecule has 0 heterocycles. The fraction of sp³-hybridized carbons (Fsp3) is 0.250. The van der Waals surface area contributed by atoms with Crippen molar-refractivity contribution in [3.05, 3.63) is 57.6 Å². The highest BCUT2D eigenvalue weighted by Gasteiger charge is 2.01. The van der Waals surface area contributed by atoms with E-state index in [0.717, 1.165) is 40.1 Å². The summed E-state index contributed by atoms with van der Waals surface area (Å²) >= 11 is 12.1. The Bertz CT molecular complexity index is 593. The Hall–Kier alpha value is -1.38. The molecule has 0 aromatic heterocycles. The van der Waals surface area contributed by atoms with E-state index in [2.05, 4.69) is 17.6 Å². The SMILES string of the molecule is Cc1ccc(Cl)cc1NCCNc1cccc(Cl)c1C. The van der Waals surface area contributed by atoms with Crippen molar-refractivity contribution in [3.8, 4) is 0 Å². The second-order valence-electron chi connectivity index (χ2n) is 4.73. The number of aryl methyl sites for hydroxylation is 1. The van der Waals surface area contributed by atoms with Crippen LogP contribution in [0.15, 0.2) is 36.4 Å². The predicted molar refractivity (Wildman–Crippen MR) is 89.4 cm³/mol. The molecule has 2 nitrogen and oxygen atoms in total. The summed E-state index contributed by atoms with van der Waals surface area (Å²) in [6.45, 7) is 5.70. The maximum Gasteiger partial charge on any atom is 0.0455 e. The number of halogens is 2. The summed E-state index contributed by atoms with van der Waals surface area (Å²) in [5, 5.41) is 8.29. The quantitative estimate of drug-likeness (QED) is 0.748. The molecule has 0 aliphatic heterocycles. The van der Waals surface area contributed by atoms with Crippen molar-refractivity contribution >= 4 is 34.6 Å². The van der Waals surface area contributed by atoms with Crippen molar-refractivity contribution in [2.75, 3.05) is 23.7 Å². The molecular weight excluding hydrogens is 291 g/mol. The standard InChI is InChI=1S/C16H18Cl2N2/c1-11-6-7-13(17)10-16(11)20-9-8-19-15-5-3-4-14(18)12(15)2/h3-7,10,19-20H,8-9H2,1-2H3. The van der Waals surface area contributed by atoms with Crippen molar-refractivity contribution in [1.29, 1.82) is 0 Å². The Morgan fingerprint density at radius 2 is 1.60 bits per heavy atom. The third kappa shape index (κ3) is 3.81. The molecule has 0 fully saturated rings. The normalized spacial score (nSPS) is 10.4. The lowest BCUT2D eigenvalue weighted by molar-refractivity contribution is 1.07. The van der Waals surface area contributed by atoms with Gasteiger partial charge in [-0.05, 0) is 49.2 Å². The van der Waals surface area contributed by atoms with Crippen LogP contribution in [-0.4, -0.2) is 13.1 Å². The van der Waals surface area contributed by atoms with E-state index in [1.54, 1.807) is 0 Å². The molecule has 2 aromatic carbocycles. The van der Waals surface area contributed by atoms with E-state index in [-0.39, 0.29) is 0 Å². The lowest BCUT2D eigenvalue weighted by Crippen LogP contribution is -2.14. The van der Waals surface area contributed by atoms with Crippen LogP contribution in [0.5, 0.6) is 0 Å². The average Bonchev–Trinajstić information content (AvgIpc) is 2.43. The molecular formula is C16H18Cl2N2. The molecule has 4 heteroatoms. The molecule has 20 heavy (non-hydrogen) atoms. The molecule has 0 aliphatic carbocycles. The van der Waals surface area contributed by atoms with E-state index in [1.807, 2.05) is 43.3 Å². The molecule has 0 atom stereocenters. The van der Waals surface area contributed by atoms with Gasteiger partial charge in [0.25, 0.3) is 0 Å². The first-order valence-corrected chi connectivity index (χ1v) is 7.32. The summed E-state index contributed by atoms with van der Waals surface area (Å²) in [4.78, 5) is 0. The minimum Gasteiger partial charge on any atom is -0.383 e. The van der Waals surface area contributed by atoms with Crippen LogP contribution in [0, 0.1) is 13.8 Å². The molecule has 0 amide bonds. The van der Waals surface area contributed by atoms with E-state index in [0.29, 0.717) is 0 Å². The van der Waals surface area contributed by atoms with Gasteiger partial charge in [-0.1, -0.05) is 35.3 Å². The number of hydrogen-bond donors (Lipinski definition) is 2. The molecule has 0 saturated heterocycles. The Balaban J connectivity index is 1.88. The Morgan fingerprint density at radius 1 is 0.900 bits per heavy atom. The fourth-order valence-corrected chi connectivity index (χ4v) is 2.32. The van der Waals surface area contributed by atoms with Crippen LogP contribution in [0.2, 0.25) is 10.0 Å². The van der Waals surface area contributed by atoms with Gasteiger partial charge < -0.3 is 10.6 Å². The van der Waals surface area contributed by atoms with Crippen LogP contribution in [0.25, 0.3) is 0 Å². The minimum absolute atomic E-state index is 0.747. The second kappa shape index (κ2) is 6.87. The fourth-order valence-electron chi connectivity index (χ4n) is 1.98. The summed E-state index contributed by atoms with van der Waals surface area (Å²) in [7, 11) is 0. The zero-order valence-corrected chi connectivity index (χ0v) is 13.1. The molecule has 0 radical (unpaired) electrons. The highest BCUT2D eigenvalue weighted by molar-refractivity contribution is 6.31. The van der Waals surface area contributed by atoms with E-state index < -0.39 is 0 Å². The maximum absolute atomic E-state index is 6.09. The first-order chi connectivity index (χ1) is 9.58. The van der Waals surface area contributed by atoms with Crippen molar-refractivity contribution in [3.63, 3.8) is 0 Å². The predicted octanol–water partition coefficient (Wildman–Crippen LogP) is 5.13. The van der Waals surface area contributed by atoms with Crippen molar-refractivity contribution in [2.24, 2.45) is 0 Å². The molecule has 0 aliphatic rings. The molecule has 106 valence electrons. The lowest BCUT2D eigenvalue weighted by Gasteiger charge is -2.13. The Morgan fingerprint density at radius 3 is 2.35 bits per heavy atom. The molecule has 2 aromatic rings. The monoisotopic (exact) mass is 308 g/mol. The van der Waals surface area contributed by atoms with E-state index in [1.165, 1.54) is 5.56 Å². The molecule has 0 bridgehead atoms. The number of benzene rings is 2. The third-order valence-electron chi connectivity index (χ3n) is 3.22. The summed E-state index contributed by atoms with van der Waals surface area (Å²) in [5.74, 6) is 0. The molecule has 0 saturated carbocycles. The first-order valence-electron chi connectivity index (χ1n) is 6.57. The molecule has 2 rings (SSSR count). The van der Waals surface area contributed by atoms with Crippen LogP contribution in [0.3, 0.4) is 0 Å². The summed E-state index contributed by atoms with van der Waals surface area (Å²) in [6, 6.07) is 11.7. The zero-order chi connectivity index (χ0) is 14.5. The largest absolute Gasteiger partial charge is 0.383 e. The van der Waals surface area contributed by atoms with E-state index in [9.17, 15) is 0 Å². The number of rotatable bonds is 5. The van der Waals surface area contributed by atoms with Gasteiger partial charge in [0.1, 0.15) is 0 Å². The minimum atomic E-state index is 0.747. The molecule has 2 N–H and O–H groups in total. The summed E-state index contributed by atoms with van der Waals surface area (Å²) < 4.78 is 0.